The summed E-state index contributed by atoms with van der Waals surface area (Å²) >= 11 is 0. The molecule has 0 unspecified atom stereocenters. The summed E-state index contributed by atoms with van der Waals surface area (Å²) in [5.74, 6) is 0.329. The van der Waals surface area contributed by atoms with Crippen LogP contribution in [0, 0.1) is 0 Å². The van der Waals surface area contributed by atoms with Gasteiger partial charge in [0.25, 0.3) is 5.91 Å². The molecule has 0 spiro atoms. The monoisotopic (exact) mass is 369 g/mol. The Bertz CT molecular complexity index is 791. The number of piperidine rings is 1. The van der Waals surface area contributed by atoms with Gasteiger partial charge in [-0.25, -0.2) is 4.98 Å². The van der Waals surface area contributed by atoms with Crippen molar-refractivity contribution in [3.8, 4) is 0 Å². The number of aromatic amines is 1. The molecule has 0 aromatic carbocycles. The molecule has 1 saturated heterocycles. The van der Waals surface area contributed by atoms with E-state index in [1.54, 1.807) is 0 Å². The number of carbonyl (C=O) groups excluding carboxylic acids is 1. The molecule has 4 heterocycles. The quantitative estimate of drug-likeness (QED) is 0.751. The molecule has 3 N–H and O–H groups in total. The molecule has 4 rings (SSSR count). The summed E-state index contributed by atoms with van der Waals surface area (Å²) < 4.78 is 0. The molecule has 0 bridgehead atoms. The molecule has 0 radical (unpaired) electrons. The average Bonchev–Trinajstić information content (AvgIpc) is 3.13. The van der Waals surface area contributed by atoms with E-state index in [0.717, 1.165) is 55.8 Å². The zero-order valence-corrected chi connectivity index (χ0v) is 16.0. The fourth-order valence-electron chi connectivity index (χ4n) is 3.88. The van der Waals surface area contributed by atoms with Crippen molar-refractivity contribution in [1.29, 1.82) is 0 Å². The second kappa shape index (κ2) is 7.66. The van der Waals surface area contributed by atoms with Gasteiger partial charge in [0.2, 0.25) is 0 Å². The molecule has 2 aromatic heterocycles. The summed E-state index contributed by atoms with van der Waals surface area (Å²) in [4.78, 5) is 21.6. The Hall–Kier alpha value is -2.45. The molecule has 1 fully saturated rings. The second-order valence-corrected chi connectivity index (χ2v) is 7.49. The number of hydrogen-bond acceptors (Lipinski definition) is 6. The van der Waals surface area contributed by atoms with E-state index in [-0.39, 0.29) is 5.91 Å². The first kappa shape index (κ1) is 17.9. The molecule has 0 atom stereocenters. The fraction of sp³-hybridized carbons (Fsp3) is 0.526. The summed E-state index contributed by atoms with van der Waals surface area (Å²) in [6, 6.07) is 4.55. The van der Waals surface area contributed by atoms with Gasteiger partial charge in [-0.1, -0.05) is 0 Å². The Morgan fingerprint density at radius 1 is 1.30 bits per heavy atom. The molecule has 8 nitrogen and oxygen atoms in total. The van der Waals surface area contributed by atoms with Crippen LogP contribution in [-0.2, 0) is 13.0 Å². The number of anilines is 2. The van der Waals surface area contributed by atoms with E-state index < -0.39 is 0 Å². The number of rotatable bonds is 4. The number of amides is 1. The fourth-order valence-corrected chi connectivity index (χ4v) is 3.88. The zero-order valence-electron chi connectivity index (χ0n) is 16.0. The highest BCUT2D eigenvalue weighted by Crippen LogP contribution is 2.22. The van der Waals surface area contributed by atoms with Crippen LogP contribution >= 0.6 is 0 Å². The van der Waals surface area contributed by atoms with E-state index in [4.69, 9.17) is 0 Å². The second-order valence-electron chi connectivity index (χ2n) is 7.49. The minimum absolute atomic E-state index is 0.219. The van der Waals surface area contributed by atoms with Crippen molar-refractivity contribution in [3.05, 3.63) is 35.3 Å². The summed E-state index contributed by atoms with van der Waals surface area (Å²) in [6.07, 6.45) is 5.02. The van der Waals surface area contributed by atoms with Crippen LogP contribution in [0.15, 0.2) is 18.3 Å². The Kier molecular flexibility index (Phi) is 5.09. The van der Waals surface area contributed by atoms with Crippen molar-refractivity contribution in [1.82, 2.24) is 25.4 Å². The van der Waals surface area contributed by atoms with Gasteiger partial charge in [-0.15, -0.1) is 0 Å². The van der Waals surface area contributed by atoms with Crippen molar-refractivity contribution in [3.63, 3.8) is 0 Å². The van der Waals surface area contributed by atoms with Crippen molar-refractivity contribution in [2.75, 3.05) is 43.9 Å². The number of aromatic nitrogens is 3. The predicted octanol–water partition coefficient (Wildman–Crippen LogP) is 1.23. The molecule has 2 aromatic rings. The van der Waals surface area contributed by atoms with Crippen LogP contribution in [0.1, 0.15) is 34.6 Å². The maximum absolute atomic E-state index is 12.6. The Morgan fingerprint density at radius 2 is 2.11 bits per heavy atom. The minimum atomic E-state index is -0.219. The first-order valence-electron chi connectivity index (χ1n) is 9.57. The van der Waals surface area contributed by atoms with Crippen LogP contribution in [0.5, 0.6) is 0 Å². The van der Waals surface area contributed by atoms with E-state index >= 15 is 0 Å². The number of fused-ring (bicyclic) bond motifs is 1. The summed E-state index contributed by atoms with van der Waals surface area (Å²) in [7, 11) is 4.29. The van der Waals surface area contributed by atoms with Gasteiger partial charge in [-0.2, -0.15) is 5.10 Å². The van der Waals surface area contributed by atoms with Gasteiger partial charge in [0.1, 0.15) is 5.82 Å². The number of nitrogens with one attached hydrogen (secondary N) is 3. The Labute approximate surface area is 159 Å². The van der Waals surface area contributed by atoms with Crippen molar-refractivity contribution in [2.45, 2.75) is 31.8 Å². The lowest BCUT2D eigenvalue weighted by molar-refractivity contribution is 0.102. The smallest absolute Gasteiger partial charge is 0.277 e. The molecule has 2 aliphatic rings. The molecule has 8 heteroatoms. The van der Waals surface area contributed by atoms with Crippen LogP contribution in [0.4, 0.5) is 11.5 Å². The summed E-state index contributed by atoms with van der Waals surface area (Å²) in [5.41, 5.74) is 3.56. The number of pyridine rings is 1. The number of hydrogen-bond donors (Lipinski definition) is 3. The maximum Gasteiger partial charge on any atom is 0.277 e. The van der Waals surface area contributed by atoms with Gasteiger partial charge >= 0.3 is 0 Å². The lowest BCUT2D eigenvalue weighted by Gasteiger charge is -2.36. The molecule has 1 amide bonds. The van der Waals surface area contributed by atoms with Gasteiger partial charge in [0.05, 0.1) is 11.9 Å². The van der Waals surface area contributed by atoms with E-state index in [1.165, 1.54) is 0 Å². The Morgan fingerprint density at radius 3 is 2.81 bits per heavy atom. The standard InChI is InChI=1S/C19H27N7O/c1-25(2)13-6-9-26(10-7-13)14-3-4-17(21-11-14)22-19(27)18-15-12-20-8-5-16(15)23-24-18/h3-4,11,13,20H,5-10,12H2,1-2H3,(H,23,24)(H,21,22,27). The number of H-pyrrole nitrogens is 1. The van der Waals surface area contributed by atoms with Crippen LogP contribution in [0.25, 0.3) is 0 Å². The average molecular weight is 369 g/mol. The molecule has 144 valence electrons. The highest BCUT2D eigenvalue weighted by atomic mass is 16.2. The summed E-state index contributed by atoms with van der Waals surface area (Å²) in [6.45, 7) is 3.64. The largest absolute Gasteiger partial charge is 0.370 e. The summed E-state index contributed by atoms with van der Waals surface area (Å²) in [5, 5.41) is 13.3. The third kappa shape index (κ3) is 3.81. The van der Waals surface area contributed by atoms with Gasteiger partial charge < -0.3 is 20.4 Å². The van der Waals surface area contributed by atoms with Crippen LogP contribution in [0.2, 0.25) is 0 Å². The van der Waals surface area contributed by atoms with E-state index in [2.05, 4.69) is 49.7 Å². The number of carbonyl (C=O) groups is 1. The first-order valence-corrected chi connectivity index (χ1v) is 9.57. The van der Waals surface area contributed by atoms with Crippen molar-refractivity contribution >= 4 is 17.4 Å². The van der Waals surface area contributed by atoms with Crippen LogP contribution in [0.3, 0.4) is 0 Å². The molecule has 2 aliphatic heterocycles. The number of nitrogens with zero attached hydrogens (tertiary/aromatic N) is 4. The molecule has 27 heavy (non-hydrogen) atoms. The minimum Gasteiger partial charge on any atom is -0.370 e. The highest BCUT2D eigenvalue weighted by molar-refractivity contribution is 6.03. The highest BCUT2D eigenvalue weighted by Gasteiger charge is 2.23. The normalized spacial score (nSPS) is 17.8. The van der Waals surface area contributed by atoms with E-state index in [1.807, 2.05) is 18.3 Å². The predicted molar refractivity (Wildman–Crippen MR) is 105 cm³/mol. The Balaban J connectivity index is 1.38. The van der Waals surface area contributed by atoms with Crippen molar-refractivity contribution < 1.29 is 4.79 Å². The third-order valence-corrected chi connectivity index (χ3v) is 5.57. The van der Waals surface area contributed by atoms with Gasteiger partial charge in [-0.05, 0) is 39.1 Å². The topological polar surface area (TPSA) is 89.2 Å². The van der Waals surface area contributed by atoms with Crippen LogP contribution < -0.4 is 15.5 Å². The maximum atomic E-state index is 12.6. The first-order chi connectivity index (χ1) is 13.1. The molecule has 0 saturated carbocycles. The third-order valence-electron chi connectivity index (χ3n) is 5.57. The van der Waals surface area contributed by atoms with Gasteiger partial charge in [-0.3, -0.25) is 9.89 Å². The van der Waals surface area contributed by atoms with Gasteiger partial charge in [0, 0.05) is 49.9 Å². The molecule has 0 aliphatic carbocycles. The van der Waals surface area contributed by atoms with Crippen molar-refractivity contribution in [2.24, 2.45) is 0 Å². The van der Waals surface area contributed by atoms with Gasteiger partial charge in [0.15, 0.2) is 5.69 Å². The SMILES string of the molecule is CN(C)C1CCN(c2ccc(NC(=O)c3n[nH]c4c3CNCC4)nc2)CC1. The lowest BCUT2D eigenvalue weighted by atomic mass is 10.0. The molecular weight excluding hydrogens is 342 g/mol. The van der Waals surface area contributed by atoms with E-state index in [0.29, 0.717) is 24.1 Å². The molecular formula is C19H27N7O. The lowest BCUT2D eigenvalue weighted by Crippen LogP contribution is -2.42. The zero-order chi connectivity index (χ0) is 18.8. The van der Waals surface area contributed by atoms with E-state index in [9.17, 15) is 4.79 Å². The van der Waals surface area contributed by atoms with Crippen LogP contribution in [-0.4, -0.2) is 65.8 Å².